The van der Waals surface area contributed by atoms with Crippen LogP contribution in [0.3, 0.4) is 0 Å². The molecule has 3 aromatic rings. The van der Waals surface area contributed by atoms with E-state index in [0.29, 0.717) is 17.9 Å². The first-order valence-electron chi connectivity index (χ1n) is 11.7. The van der Waals surface area contributed by atoms with Crippen molar-refractivity contribution in [2.24, 2.45) is 10.9 Å². The minimum Gasteiger partial charge on any atom is -0.493 e. The first kappa shape index (κ1) is 23.3. The molecule has 0 aromatic heterocycles. The van der Waals surface area contributed by atoms with Gasteiger partial charge in [-0.25, -0.2) is 9.79 Å². The lowest BCUT2D eigenvalue weighted by Gasteiger charge is -2.46. The highest BCUT2D eigenvalue weighted by atomic mass is 32.2. The van der Waals surface area contributed by atoms with Crippen LogP contribution >= 0.6 is 11.8 Å². The third-order valence-corrected chi connectivity index (χ3v) is 7.64. The van der Waals surface area contributed by atoms with E-state index in [2.05, 4.69) is 17.0 Å². The molecule has 2 atom stereocenters. The van der Waals surface area contributed by atoms with Crippen molar-refractivity contribution in [3.8, 4) is 11.5 Å². The third kappa shape index (κ3) is 4.86. The van der Waals surface area contributed by atoms with Crippen molar-refractivity contribution in [3.05, 3.63) is 89.5 Å². The summed E-state index contributed by atoms with van der Waals surface area (Å²) in [4.78, 5) is 20.0. The fourth-order valence-corrected chi connectivity index (χ4v) is 5.93. The molecule has 0 bridgehead atoms. The molecule has 1 saturated heterocycles. The Morgan fingerprint density at radius 3 is 2.40 bits per heavy atom. The average molecular weight is 489 g/mol. The largest absolute Gasteiger partial charge is 0.493 e. The Balaban J connectivity index is 1.48. The quantitative estimate of drug-likeness (QED) is 0.427. The molecule has 2 aliphatic heterocycles. The zero-order chi connectivity index (χ0) is 24.2. The van der Waals surface area contributed by atoms with Gasteiger partial charge in [0.05, 0.1) is 38.1 Å². The van der Waals surface area contributed by atoms with E-state index >= 15 is 0 Å². The maximum Gasteiger partial charge on any atom is 0.338 e. The van der Waals surface area contributed by atoms with Crippen molar-refractivity contribution in [1.82, 2.24) is 4.90 Å². The Labute approximate surface area is 209 Å². The summed E-state index contributed by atoms with van der Waals surface area (Å²) in [6.07, 6.45) is 0.872. The van der Waals surface area contributed by atoms with Gasteiger partial charge < -0.3 is 19.1 Å². The van der Waals surface area contributed by atoms with Gasteiger partial charge in [0.1, 0.15) is 0 Å². The minimum atomic E-state index is -0.297. The highest BCUT2D eigenvalue weighted by molar-refractivity contribution is 8.13. The minimum absolute atomic E-state index is 0.0193. The van der Waals surface area contributed by atoms with Gasteiger partial charge in [-0.15, -0.1) is 0 Å². The van der Waals surface area contributed by atoms with Crippen LogP contribution < -0.4 is 9.47 Å². The van der Waals surface area contributed by atoms with E-state index in [0.717, 1.165) is 35.3 Å². The summed E-state index contributed by atoms with van der Waals surface area (Å²) < 4.78 is 17.0. The molecule has 0 aliphatic carbocycles. The Bertz CT molecular complexity index is 1220. The molecule has 0 spiro atoms. The number of fused-ring (bicyclic) bond motifs is 3. The van der Waals surface area contributed by atoms with Gasteiger partial charge in [0.15, 0.2) is 16.7 Å². The molecule has 1 fully saturated rings. The summed E-state index contributed by atoms with van der Waals surface area (Å²) in [6.45, 7) is 1.16. The first-order valence-corrected chi connectivity index (χ1v) is 12.7. The van der Waals surface area contributed by atoms with Crippen molar-refractivity contribution in [3.63, 3.8) is 0 Å². The number of rotatable bonds is 6. The second kappa shape index (κ2) is 10.4. The molecule has 2 aliphatic rings. The standard InChI is InChI=1S/C28H28N2O4S/c1-32-24-15-20-13-14-30-26(23(20)16-25(24)33-2)21(17-34-27(31)19-9-5-3-6-10-19)18-35-28(30)29-22-11-7-4-8-12-22/h3-12,15-16,21,26H,13-14,17-18H2,1-2H3/t21-,26+/m0/s1. The van der Waals surface area contributed by atoms with Crippen molar-refractivity contribution in [2.75, 3.05) is 33.1 Å². The summed E-state index contributed by atoms with van der Waals surface area (Å²) in [7, 11) is 3.32. The number of carbonyl (C=O) groups is 1. The number of ether oxygens (including phenoxy) is 3. The number of thioether (sulfide) groups is 1. The van der Waals surface area contributed by atoms with E-state index in [1.165, 1.54) is 11.1 Å². The molecule has 0 unspecified atom stereocenters. The molecule has 7 heteroatoms. The first-order chi connectivity index (χ1) is 17.2. The summed E-state index contributed by atoms with van der Waals surface area (Å²) in [5, 5.41) is 0.993. The number of methoxy groups -OCH3 is 2. The number of hydrogen-bond donors (Lipinski definition) is 0. The van der Waals surface area contributed by atoms with Gasteiger partial charge in [0.25, 0.3) is 0 Å². The summed E-state index contributed by atoms with van der Waals surface area (Å²) in [5.74, 6) is 2.03. The zero-order valence-corrected chi connectivity index (χ0v) is 20.7. The summed E-state index contributed by atoms with van der Waals surface area (Å²) >= 11 is 1.72. The maximum absolute atomic E-state index is 12.7. The topological polar surface area (TPSA) is 60.4 Å². The van der Waals surface area contributed by atoms with Crippen molar-refractivity contribution in [2.45, 2.75) is 12.5 Å². The molecule has 35 heavy (non-hydrogen) atoms. The third-order valence-electron chi connectivity index (χ3n) is 6.46. The van der Waals surface area contributed by atoms with Crippen LogP contribution in [0.5, 0.6) is 11.5 Å². The number of carbonyl (C=O) groups excluding carboxylic acids is 1. The van der Waals surface area contributed by atoms with Gasteiger partial charge in [-0.1, -0.05) is 48.2 Å². The molecule has 0 saturated carbocycles. The Morgan fingerprint density at radius 2 is 1.69 bits per heavy atom. The normalized spacial score (nSPS) is 20.1. The molecule has 2 heterocycles. The lowest BCUT2D eigenvalue weighted by Crippen LogP contribution is -2.47. The molecule has 180 valence electrons. The number of hydrogen-bond acceptors (Lipinski definition) is 6. The lowest BCUT2D eigenvalue weighted by molar-refractivity contribution is 0.0384. The lowest BCUT2D eigenvalue weighted by atomic mass is 9.85. The van der Waals surface area contributed by atoms with Gasteiger partial charge >= 0.3 is 5.97 Å². The van der Waals surface area contributed by atoms with Gasteiger partial charge in [-0.05, 0) is 53.9 Å². The highest BCUT2D eigenvalue weighted by Gasteiger charge is 2.41. The van der Waals surface area contributed by atoms with Crippen LogP contribution in [0.4, 0.5) is 5.69 Å². The van der Waals surface area contributed by atoms with Crippen molar-refractivity contribution in [1.29, 1.82) is 0 Å². The predicted molar refractivity (Wildman–Crippen MR) is 139 cm³/mol. The molecule has 0 radical (unpaired) electrons. The molecule has 6 nitrogen and oxygen atoms in total. The van der Waals surface area contributed by atoms with Crippen LogP contribution in [-0.2, 0) is 11.2 Å². The zero-order valence-electron chi connectivity index (χ0n) is 19.8. The fraction of sp³-hybridized carbons (Fsp3) is 0.286. The van der Waals surface area contributed by atoms with Gasteiger partial charge in [-0.2, -0.15) is 0 Å². The molecule has 3 aromatic carbocycles. The SMILES string of the molecule is COc1cc2c(cc1OC)[C@H]1[C@@H](COC(=O)c3ccccc3)CSC(=Nc3ccccc3)N1CC2. The number of para-hydroxylation sites is 1. The Kier molecular flexibility index (Phi) is 6.95. The summed E-state index contributed by atoms with van der Waals surface area (Å²) in [6, 6.07) is 23.3. The van der Waals surface area contributed by atoms with E-state index in [4.69, 9.17) is 19.2 Å². The monoisotopic (exact) mass is 488 g/mol. The summed E-state index contributed by atoms with van der Waals surface area (Å²) in [5.41, 5.74) is 3.90. The molecule has 0 N–H and O–H groups in total. The highest BCUT2D eigenvalue weighted by Crippen LogP contribution is 2.46. The number of amidine groups is 1. The second-order valence-electron chi connectivity index (χ2n) is 8.56. The smallest absolute Gasteiger partial charge is 0.338 e. The van der Waals surface area contributed by atoms with E-state index in [1.807, 2.05) is 48.5 Å². The van der Waals surface area contributed by atoms with Crippen molar-refractivity contribution < 1.29 is 19.0 Å². The number of aliphatic imine (C=N–C) groups is 1. The molecular weight excluding hydrogens is 460 g/mol. The van der Waals surface area contributed by atoms with E-state index < -0.39 is 0 Å². The number of esters is 1. The van der Waals surface area contributed by atoms with Crippen LogP contribution in [0.2, 0.25) is 0 Å². The van der Waals surface area contributed by atoms with E-state index in [1.54, 1.807) is 38.1 Å². The van der Waals surface area contributed by atoms with Crippen LogP contribution in [0.1, 0.15) is 27.5 Å². The number of benzene rings is 3. The molecule has 5 rings (SSSR count). The maximum atomic E-state index is 12.7. The Hall–Kier alpha value is -3.45. The molecule has 0 amide bonds. The van der Waals surface area contributed by atoms with Gasteiger partial charge in [-0.3, -0.25) is 0 Å². The average Bonchev–Trinajstić information content (AvgIpc) is 2.92. The van der Waals surface area contributed by atoms with Crippen LogP contribution in [0, 0.1) is 5.92 Å². The Morgan fingerprint density at radius 1 is 1.00 bits per heavy atom. The van der Waals surface area contributed by atoms with E-state index in [9.17, 15) is 4.79 Å². The second-order valence-corrected chi connectivity index (χ2v) is 9.55. The van der Waals surface area contributed by atoms with Gasteiger partial charge in [0.2, 0.25) is 0 Å². The van der Waals surface area contributed by atoms with Gasteiger partial charge in [0, 0.05) is 18.2 Å². The van der Waals surface area contributed by atoms with Crippen LogP contribution in [0.25, 0.3) is 0 Å². The fourth-order valence-electron chi connectivity index (χ4n) is 4.74. The molecular formula is C28H28N2O4S. The van der Waals surface area contributed by atoms with E-state index in [-0.39, 0.29) is 17.9 Å². The van der Waals surface area contributed by atoms with Crippen LogP contribution in [0.15, 0.2) is 77.8 Å². The number of nitrogens with zero attached hydrogens (tertiary/aromatic N) is 2. The van der Waals surface area contributed by atoms with Crippen molar-refractivity contribution >= 4 is 28.6 Å². The predicted octanol–water partition coefficient (Wildman–Crippen LogP) is 5.51. The van der Waals surface area contributed by atoms with Crippen LogP contribution in [-0.4, -0.2) is 49.2 Å².